The van der Waals surface area contributed by atoms with Crippen LogP contribution >= 0.6 is 34.5 Å². The molecule has 34 heavy (non-hydrogen) atoms. The van der Waals surface area contributed by atoms with Crippen molar-refractivity contribution >= 4 is 56.4 Å². The van der Waals surface area contributed by atoms with E-state index >= 15 is 0 Å². The SMILES string of the molecule is O=C(O)c1ccc(-c2cn(-c3ccc(Cl)cc3)nn2)cc1CC(=O)c1sc2ccccc2c1Cl. The zero-order valence-corrected chi connectivity index (χ0v) is 19.7. The molecular formula is C25H15Cl2N3O3S. The van der Waals surface area contributed by atoms with E-state index < -0.39 is 5.97 Å². The van der Waals surface area contributed by atoms with Crippen LogP contribution in [0.3, 0.4) is 0 Å². The lowest BCUT2D eigenvalue weighted by molar-refractivity contribution is 0.0696. The maximum absolute atomic E-state index is 13.1. The number of carboxylic acids is 1. The van der Waals surface area contributed by atoms with Gasteiger partial charge in [-0.05, 0) is 48.0 Å². The lowest BCUT2D eigenvalue weighted by Gasteiger charge is -2.07. The lowest BCUT2D eigenvalue weighted by Crippen LogP contribution is -2.08. The third-order valence-electron chi connectivity index (χ3n) is 5.36. The summed E-state index contributed by atoms with van der Waals surface area (Å²) in [6, 6.07) is 19.4. The van der Waals surface area contributed by atoms with Crippen LogP contribution in [0.15, 0.2) is 72.9 Å². The molecule has 2 heterocycles. The molecule has 5 rings (SSSR count). The van der Waals surface area contributed by atoms with Gasteiger partial charge in [-0.15, -0.1) is 16.4 Å². The summed E-state index contributed by atoms with van der Waals surface area (Å²) in [5.74, 6) is -1.35. The third-order valence-corrected chi connectivity index (χ3v) is 7.32. The number of hydrogen-bond donors (Lipinski definition) is 1. The standard InChI is InChI=1S/C25H15Cl2N3O3S/c26-16-6-8-17(9-7-16)30-13-20(28-29-30)14-5-10-18(25(32)33)15(11-14)12-21(31)24-23(27)19-3-1-2-4-22(19)34-24/h1-11,13H,12H2,(H,32,33). The van der Waals surface area contributed by atoms with Gasteiger partial charge in [0.05, 0.1) is 27.3 Å². The van der Waals surface area contributed by atoms with Gasteiger partial charge in [-0.25, -0.2) is 9.48 Å². The number of carbonyl (C=O) groups is 2. The molecule has 1 N–H and O–H groups in total. The number of fused-ring (bicyclic) bond motifs is 1. The molecule has 0 aliphatic heterocycles. The monoisotopic (exact) mass is 507 g/mol. The van der Waals surface area contributed by atoms with E-state index in [9.17, 15) is 14.7 Å². The van der Waals surface area contributed by atoms with Gasteiger partial charge in [-0.3, -0.25) is 4.79 Å². The highest BCUT2D eigenvalue weighted by Gasteiger charge is 2.21. The molecule has 0 spiro atoms. The second-order valence-corrected chi connectivity index (χ2v) is 9.41. The maximum atomic E-state index is 13.1. The van der Waals surface area contributed by atoms with E-state index in [-0.39, 0.29) is 17.8 Å². The molecule has 9 heteroatoms. The topological polar surface area (TPSA) is 85.1 Å². The number of benzene rings is 3. The van der Waals surface area contributed by atoms with Crippen molar-refractivity contribution in [2.75, 3.05) is 0 Å². The van der Waals surface area contributed by atoms with E-state index in [4.69, 9.17) is 23.2 Å². The highest BCUT2D eigenvalue weighted by atomic mass is 35.5. The summed E-state index contributed by atoms with van der Waals surface area (Å²) in [4.78, 5) is 25.4. The Hall–Kier alpha value is -3.52. The average Bonchev–Trinajstić information content (AvgIpc) is 3.45. The lowest BCUT2D eigenvalue weighted by atomic mass is 9.98. The molecule has 0 radical (unpaired) electrons. The molecule has 0 aliphatic rings. The van der Waals surface area contributed by atoms with Crippen molar-refractivity contribution in [3.63, 3.8) is 0 Å². The summed E-state index contributed by atoms with van der Waals surface area (Å²) in [5, 5.41) is 19.8. The van der Waals surface area contributed by atoms with Gasteiger partial charge in [-0.2, -0.15) is 0 Å². The van der Waals surface area contributed by atoms with E-state index in [0.717, 1.165) is 15.8 Å². The van der Waals surface area contributed by atoms with Crippen LogP contribution in [0.4, 0.5) is 0 Å². The minimum absolute atomic E-state index is 0.0550. The van der Waals surface area contributed by atoms with Gasteiger partial charge in [0, 0.05) is 27.1 Å². The Kier molecular flexibility index (Phi) is 5.91. The summed E-state index contributed by atoms with van der Waals surface area (Å²) >= 11 is 13.7. The second kappa shape index (κ2) is 9.02. The molecule has 0 amide bonds. The molecule has 168 valence electrons. The third kappa shape index (κ3) is 4.21. The smallest absolute Gasteiger partial charge is 0.335 e. The van der Waals surface area contributed by atoms with Gasteiger partial charge in [0.15, 0.2) is 5.78 Å². The number of aromatic carboxylic acids is 1. The van der Waals surface area contributed by atoms with Crippen molar-refractivity contribution in [2.24, 2.45) is 0 Å². The number of Topliss-reactive ketones (excluding diaryl/α,β-unsaturated/α-hetero) is 1. The van der Waals surface area contributed by atoms with Crippen LogP contribution in [0.1, 0.15) is 25.6 Å². The van der Waals surface area contributed by atoms with Crippen molar-refractivity contribution in [1.29, 1.82) is 0 Å². The molecule has 0 atom stereocenters. The molecule has 0 saturated carbocycles. The van der Waals surface area contributed by atoms with Crippen molar-refractivity contribution in [3.05, 3.63) is 99.0 Å². The summed E-state index contributed by atoms with van der Waals surface area (Å²) in [6.07, 6.45) is 1.63. The Balaban J connectivity index is 1.49. The first-order chi connectivity index (χ1) is 16.4. The molecule has 3 aromatic carbocycles. The van der Waals surface area contributed by atoms with E-state index in [0.29, 0.717) is 31.7 Å². The normalized spacial score (nSPS) is 11.1. The van der Waals surface area contributed by atoms with Crippen LogP contribution in [0, 0.1) is 0 Å². The molecule has 6 nitrogen and oxygen atoms in total. The van der Waals surface area contributed by atoms with E-state index in [2.05, 4.69) is 10.3 Å². The van der Waals surface area contributed by atoms with Gasteiger partial charge in [0.2, 0.25) is 0 Å². The Morgan fingerprint density at radius 1 is 1.00 bits per heavy atom. The molecule has 0 bridgehead atoms. The van der Waals surface area contributed by atoms with Crippen molar-refractivity contribution in [3.8, 4) is 16.9 Å². The number of rotatable bonds is 6. The fraction of sp³-hybridized carbons (Fsp3) is 0.0400. The van der Waals surface area contributed by atoms with Crippen LogP contribution in [0.2, 0.25) is 10.0 Å². The van der Waals surface area contributed by atoms with Gasteiger partial charge < -0.3 is 5.11 Å². The van der Waals surface area contributed by atoms with Crippen molar-refractivity contribution in [2.45, 2.75) is 6.42 Å². The van der Waals surface area contributed by atoms with E-state index in [1.807, 2.05) is 36.4 Å². The first-order valence-corrected chi connectivity index (χ1v) is 11.7. The number of carbonyl (C=O) groups excluding carboxylic acids is 1. The van der Waals surface area contributed by atoms with Gasteiger partial charge in [0.1, 0.15) is 5.69 Å². The zero-order chi connectivity index (χ0) is 23.8. The molecule has 0 fully saturated rings. The van der Waals surface area contributed by atoms with Crippen LogP contribution < -0.4 is 0 Å². The number of carboxylic acid groups (broad SMARTS) is 1. The van der Waals surface area contributed by atoms with Crippen LogP contribution in [0.25, 0.3) is 27.0 Å². The van der Waals surface area contributed by atoms with E-state index in [1.54, 1.807) is 35.1 Å². The number of halogens is 2. The summed E-state index contributed by atoms with van der Waals surface area (Å²) in [5.41, 5.74) is 2.40. The Bertz CT molecular complexity index is 1560. The summed E-state index contributed by atoms with van der Waals surface area (Å²) < 4.78 is 2.50. The highest BCUT2D eigenvalue weighted by molar-refractivity contribution is 7.21. The van der Waals surface area contributed by atoms with Crippen molar-refractivity contribution < 1.29 is 14.7 Å². The molecular weight excluding hydrogens is 493 g/mol. The summed E-state index contributed by atoms with van der Waals surface area (Å²) in [6.45, 7) is 0. The Morgan fingerprint density at radius 3 is 2.50 bits per heavy atom. The molecule has 5 aromatic rings. The molecule has 0 aliphatic carbocycles. The minimum atomic E-state index is -1.11. The Labute approximate surface area is 208 Å². The number of nitrogens with zero attached hydrogens (tertiary/aromatic N) is 3. The highest BCUT2D eigenvalue weighted by Crippen LogP contribution is 2.36. The van der Waals surface area contributed by atoms with Crippen molar-refractivity contribution in [1.82, 2.24) is 15.0 Å². The molecule has 0 saturated heterocycles. The Morgan fingerprint density at radius 2 is 1.76 bits per heavy atom. The van der Waals surface area contributed by atoms with Gasteiger partial charge >= 0.3 is 5.97 Å². The fourth-order valence-electron chi connectivity index (χ4n) is 3.67. The van der Waals surface area contributed by atoms with Crippen LogP contribution in [0.5, 0.6) is 0 Å². The number of thiophene rings is 1. The quantitative estimate of drug-likeness (QED) is 0.262. The number of ketones is 1. The van der Waals surface area contributed by atoms with Gasteiger partial charge in [-0.1, -0.05) is 52.7 Å². The predicted octanol–water partition coefficient (Wildman–Crippen LogP) is 6.58. The van der Waals surface area contributed by atoms with Crippen LogP contribution in [-0.4, -0.2) is 31.9 Å². The molecule has 0 unspecified atom stereocenters. The predicted molar refractivity (Wildman–Crippen MR) is 134 cm³/mol. The van der Waals surface area contributed by atoms with Crippen LogP contribution in [-0.2, 0) is 6.42 Å². The first-order valence-electron chi connectivity index (χ1n) is 10.2. The summed E-state index contributed by atoms with van der Waals surface area (Å²) in [7, 11) is 0. The second-order valence-electron chi connectivity index (χ2n) is 7.54. The maximum Gasteiger partial charge on any atom is 0.335 e. The zero-order valence-electron chi connectivity index (χ0n) is 17.4. The minimum Gasteiger partial charge on any atom is -0.478 e. The van der Waals surface area contributed by atoms with Gasteiger partial charge in [0.25, 0.3) is 0 Å². The average molecular weight is 508 g/mol. The fourth-order valence-corrected chi connectivity index (χ4v) is 5.27. The van der Waals surface area contributed by atoms with E-state index in [1.165, 1.54) is 17.4 Å². The first kappa shape index (κ1) is 22.3. The molecule has 2 aromatic heterocycles. The number of aromatic nitrogens is 3. The number of hydrogen-bond acceptors (Lipinski definition) is 5. The largest absolute Gasteiger partial charge is 0.478 e.